The van der Waals surface area contributed by atoms with Gasteiger partial charge in [-0.05, 0) is 24.5 Å². The first-order chi connectivity index (χ1) is 8.49. The molecule has 1 fully saturated rings. The number of amides is 1. The van der Waals surface area contributed by atoms with E-state index in [4.69, 9.17) is 5.73 Å². The highest BCUT2D eigenvalue weighted by molar-refractivity contribution is 5.96. The monoisotopic (exact) mass is 252 g/mol. The Kier molecular flexibility index (Phi) is 3.52. The molecule has 2 rings (SSSR count). The van der Waals surface area contributed by atoms with Gasteiger partial charge in [0.1, 0.15) is 11.6 Å². The second-order valence-electron chi connectivity index (χ2n) is 4.84. The zero-order valence-electron chi connectivity index (χ0n) is 10.3. The van der Waals surface area contributed by atoms with Crippen molar-refractivity contribution in [2.24, 2.45) is 11.7 Å². The Morgan fingerprint density at radius 2 is 2.28 bits per heavy atom. The summed E-state index contributed by atoms with van der Waals surface area (Å²) in [5.74, 6) is -0.919. The Morgan fingerprint density at radius 1 is 1.56 bits per heavy atom. The molecule has 18 heavy (non-hydrogen) atoms. The van der Waals surface area contributed by atoms with Gasteiger partial charge in [-0.2, -0.15) is 0 Å². The van der Waals surface area contributed by atoms with Gasteiger partial charge in [0.2, 0.25) is 0 Å². The first-order valence-corrected chi connectivity index (χ1v) is 6.02. The molecule has 1 aromatic carbocycles. The van der Waals surface area contributed by atoms with Crippen molar-refractivity contribution in [3.63, 3.8) is 0 Å². The van der Waals surface area contributed by atoms with Crippen LogP contribution in [-0.2, 0) is 0 Å². The van der Waals surface area contributed by atoms with Gasteiger partial charge >= 0.3 is 0 Å². The van der Waals surface area contributed by atoms with E-state index in [1.165, 1.54) is 12.1 Å². The second-order valence-corrected chi connectivity index (χ2v) is 4.84. The molecule has 1 amide bonds. The lowest BCUT2D eigenvalue weighted by Crippen LogP contribution is -2.48. The number of rotatable bonds is 1. The molecule has 0 radical (unpaired) electrons. The molecule has 98 valence electrons. The Morgan fingerprint density at radius 3 is 2.89 bits per heavy atom. The highest BCUT2D eigenvalue weighted by atomic mass is 19.1. The Labute approximate surface area is 105 Å². The number of phenolic OH excluding ortho intramolecular Hbond substituents is 1. The Balaban J connectivity index is 2.16. The Bertz CT molecular complexity index is 464. The SMILES string of the molecule is CC1CN(C(=O)c2ccc(F)cc2O)CCC1N. The van der Waals surface area contributed by atoms with Gasteiger partial charge in [-0.25, -0.2) is 4.39 Å². The molecule has 1 heterocycles. The molecular weight excluding hydrogens is 235 g/mol. The van der Waals surface area contributed by atoms with Crippen LogP contribution in [0.15, 0.2) is 18.2 Å². The maximum atomic E-state index is 12.9. The average molecular weight is 252 g/mol. The number of halogens is 1. The lowest BCUT2D eigenvalue weighted by Gasteiger charge is -2.35. The zero-order valence-corrected chi connectivity index (χ0v) is 10.3. The van der Waals surface area contributed by atoms with Gasteiger partial charge < -0.3 is 15.7 Å². The van der Waals surface area contributed by atoms with Gasteiger partial charge in [-0.15, -0.1) is 0 Å². The largest absolute Gasteiger partial charge is 0.507 e. The van der Waals surface area contributed by atoms with Gasteiger partial charge in [-0.1, -0.05) is 6.92 Å². The molecule has 0 spiro atoms. The van der Waals surface area contributed by atoms with E-state index < -0.39 is 5.82 Å². The van der Waals surface area contributed by atoms with Crippen LogP contribution in [0.3, 0.4) is 0 Å². The molecular formula is C13H17FN2O2. The third kappa shape index (κ3) is 2.46. The van der Waals surface area contributed by atoms with Crippen LogP contribution in [0.1, 0.15) is 23.7 Å². The predicted molar refractivity (Wildman–Crippen MR) is 65.7 cm³/mol. The van der Waals surface area contributed by atoms with Crippen molar-refractivity contribution in [2.75, 3.05) is 13.1 Å². The van der Waals surface area contributed by atoms with Gasteiger partial charge in [0.25, 0.3) is 5.91 Å². The van der Waals surface area contributed by atoms with E-state index in [9.17, 15) is 14.3 Å². The topological polar surface area (TPSA) is 66.6 Å². The van der Waals surface area contributed by atoms with Crippen LogP contribution in [0.2, 0.25) is 0 Å². The molecule has 1 saturated heterocycles. The van der Waals surface area contributed by atoms with E-state index >= 15 is 0 Å². The van der Waals surface area contributed by atoms with Crippen LogP contribution in [0, 0.1) is 11.7 Å². The number of aromatic hydroxyl groups is 1. The molecule has 0 saturated carbocycles. The number of piperidine rings is 1. The minimum atomic E-state index is -0.557. The highest BCUT2D eigenvalue weighted by Gasteiger charge is 2.28. The summed E-state index contributed by atoms with van der Waals surface area (Å²) in [5, 5.41) is 9.60. The van der Waals surface area contributed by atoms with E-state index in [2.05, 4.69) is 0 Å². The van der Waals surface area contributed by atoms with E-state index in [-0.39, 0.29) is 29.2 Å². The quantitative estimate of drug-likeness (QED) is 0.792. The van der Waals surface area contributed by atoms with Gasteiger partial charge in [0.15, 0.2) is 0 Å². The third-order valence-electron chi connectivity index (χ3n) is 3.45. The minimum absolute atomic E-state index is 0.107. The molecule has 5 heteroatoms. The fourth-order valence-electron chi connectivity index (χ4n) is 2.20. The van der Waals surface area contributed by atoms with Gasteiger partial charge in [0.05, 0.1) is 5.56 Å². The van der Waals surface area contributed by atoms with Crippen LogP contribution in [0.25, 0.3) is 0 Å². The summed E-state index contributed by atoms with van der Waals surface area (Å²) < 4.78 is 12.9. The van der Waals surface area contributed by atoms with Gasteiger partial charge in [-0.3, -0.25) is 4.79 Å². The fourth-order valence-corrected chi connectivity index (χ4v) is 2.20. The molecule has 1 aliphatic rings. The molecule has 0 bridgehead atoms. The van der Waals surface area contributed by atoms with Crippen molar-refractivity contribution in [2.45, 2.75) is 19.4 Å². The molecule has 2 unspecified atom stereocenters. The summed E-state index contributed by atoms with van der Waals surface area (Å²) in [4.78, 5) is 13.8. The zero-order chi connectivity index (χ0) is 13.3. The van der Waals surface area contributed by atoms with Crippen LogP contribution < -0.4 is 5.73 Å². The summed E-state index contributed by atoms with van der Waals surface area (Å²) in [6.07, 6.45) is 0.745. The minimum Gasteiger partial charge on any atom is -0.507 e. The summed E-state index contributed by atoms with van der Waals surface area (Å²) in [5.41, 5.74) is 6.03. The van der Waals surface area contributed by atoms with Crippen molar-refractivity contribution >= 4 is 5.91 Å². The number of carbonyl (C=O) groups is 1. The average Bonchev–Trinajstić information content (AvgIpc) is 2.32. The summed E-state index contributed by atoms with van der Waals surface area (Å²) in [6.45, 7) is 3.13. The van der Waals surface area contributed by atoms with E-state index in [1.807, 2.05) is 6.92 Å². The summed E-state index contributed by atoms with van der Waals surface area (Å²) in [6, 6.07) is 3.54. The number of nitrogens with zero attached hydrogens (tertiary/aromatic N) is 1. The lowest BCUT2D eigenvalue weighted by atomic mass is 9.94. The number of hydrogen-bond donors (Lipinski definition) is 2. The van der Waals surface area contributed by atoms with Crippen molar-refractivity contribution in [1.29, 1.82) is 0 Å². The summed E-state index contributed by atoms with van der Waals surface area (Å²) >= 11 is 0. The van der Waals surface area contributed by atoms with E-state index in [1.54, 1.807) is 4.90 Å². The number of likely N-dealkylation sites (tertiary alicyclic amines) is 1. The van der Waals surface area contributed by atoms with Crippen LogP contribution in [0.4, 0.5) is 4.39 Å². The molecule has 2 atom stereocenters. The van der Waals surface area contributed by atoms with E-state index in [0.29, 0.717) is 13.1 Å². The van der Waals surface area contributed by atoms with Crippen LogP contribution in [0.5, 0.6) is 5.75 Å². The van der Waals surface area contributed by atoms with Gasteiger partial charge in [0, 0.05) is 25.2 Å². The number of hydrogen-bond acceptors (Lipinski definition) is 3. The molecule has 0 aromatic heterocycles. The predicted octanol–water partition coefficient (Wildman–Crippen LogP) is 1.34. The van der Waals surface area contributed by atoms with Crippen molar-refractivity contribution < 1.29 is 14.3 Å². The molecule has 1 aromatic rings. The highest BCUT2D eigenvalue weighted by Crippen LogP contribution is 2.23. The lowest BCUT2D eigenvalue weighted by molar-refractivity contribution is 0.0661. The van der Waals surface area contributed by atoms with Crippen molar-refractivity contribution in [3.05, 3.63) is 29.6 Å². The first kappa shape index (κ1) is 12.8. The standard InChI is InChI=1S/C13H17FN2O2/c1-8-7-16(5-4-11(8)15)13(18)10-3-2-9(14)6-12(10)17/h2-3,6,8,11,17H,4-5,7,15H2,1H3. The molecule has 0 aliphatic carbocycles. The fraction of sp³-hybridized carbons (Fsp3) is 0.462. The Hall–Kier alpha value is -1.62. The maximum absolute atomic E-state index is 12.9. The molecule has 3 N–H and O–H groups in total. The number of nitrogens with two attached hydrogens (primary N) is 1. The number of benzene rings is 1. The maximum Gasteiger partial charge on any atom is 0.257 e. The van der Waals surface area contributed by atoms with Crippen molar-refractivity contribution in [3.8, 4) is 5.75 Å². The normalized spacial score (nSPS) is 24.1. The van der Waals surface area contributed by atoms with E-state index in [0.717, 1.165) is 12.5 Å². The molecule has 4 nitrogen and oxygen atoms in total. The third-order valence-corrected chi connectivity index (χ3v) is 3.45. The number of phenols is 1. The summed E-state index contributed by atoms with van der Waals surface area (Å²) in [7, 11) is 0. The van der Waals surface area contributed by atoms with Crippen LogP contribution >= 0.6 is 0 Å². The molecule has 1 aliphatic heterocycles. The van der Waals surface area contributed by atoms with Crippen LogP contribution in [-0.4, -0.2) is 35.0 Å². The first-order valence-electron chi connectivity index (χ1n) is 6.02. The second kappa shape index (κ2) is 4.94. The smallest absolute Gasteiger partial charge is 0.257 e. The number of carbonyl (C=O) groups excluding carboxylic acids is 1. The van der Waals surface area contributed by atoms with Crippen molar-refractivity contribution in [1.82, 2.24) is 4.90 Å².